The number of hydrogen-bond donors (Lipinski definition) is 3. The van der Waals surface area contributed by atoms with Gasteiger partial charge in [0.2, 0.25) is 11.9 Å². The summed E-state index contributed by atoms with van der Waals surface area (Å²) in [6.45, 7) is 2.03. The van der Waals surface area contributed by atoms with Gasteiger partial charge < -0.3 is 10.2 Å². The smallest absolute Gasteiger partial charge is 0.355 e. The van der Waals surface area contributed by atoms with Crippen LogP contribution >= 0.6 is 0 Å². The second-order valence-electron chi connectivity index (χ2n) is 3.89. The Kier molecular flexibility index (Phi) is 5.08. The molecule has 0 unspecified atom stereocenters. The number of nitrogen functional groups attached to an aromatic ring is 1. The highest BCUT2D eigenvalue weighted by atomic mass is 19.4. The lowest BCUT2D eigenvalue weighted by molar-refractivity contribution is -0.141. The number of carbonyl (C=O) groups is 1. The van der Waals surface area contributed by atoms with Crippen molar-refractivity contribution in [2.45, 2.75) is 13.1 Å². The first-order chi connectivity index (χ1) is 9.27. The van der Waals surface area contributed by atoms with Gasteiger partial charge in [-0.25, -0.2) is 10.8 Å². The number of likely N-dealkylation sites (N-methyl/N-ethyl adjacent to an activating group) is 2. The summed E-state index contributed by atoms with van der Waals surface area (Å²) in [6, 6.07) is 0.750. The van der Waals surface area contributed by atoms with E-state index in [-0.39, 0.29) is 24.2 Å². The van der Waals surface area contributed by atoms with Gasteiger partial charge in [0.05, 0.1) is 6.54 Å². The zero-order chi connectivity index (χ0) is 15.3. The summed E-state index contributed by atoms with van der Waals surface area (Å²) in [4.78, 5) is 19.7. The molecule has 20 heavy (non-hydrogen) atoms. The molecule has 7 nitrogen and oxygen atoms in total. The van der Waals surface area contributed by atoms with E-state index in [9.17, 15) is 18.0 Å². The Labute approximate surface area is 113 Å². The number of hydrogen-bond acceptors (Lipinski definition) is 6. The van der Waals surface area contributed by atoms with Crippen LogP contribution in [0.2, 0.25) is 0 Å². The number of amides is 1. The molecule has 0 bridgehead atoms. The number of rotatable bonds is 5. The molecule has 1 heterocycles. The van der Waals surface area contributed by atoms with E-state index in [0.29, 0.717) is 6.54 Å². The van der Waals surface area contributed by atoms with E-state index in [2.05, 4.69) is 15.3 Å². The van der Waals surface area contributed by atoms with E-state index in [0.717, 1.165) is 6.07 Å². The molecule has 1 rings (SSSR count). The van der Waals surface area contributed by atoms with Crippen molar-refractivity contribution in [1.29, 1.82) is 0 Å². The van der Waals surface area contributed by atoms with Crippen LogP contribution in [0.15, 0.2) is 6.07 Å². The van der Waals surface area contributed by atoms with Crippen molar-refractivity contribution in [2.24, 2.45) is 5.84 Å². The lowest BCUT2D eigenvalue weighted by Gasteiger charge is -2.19. The molecule has 1 amide bonds. The highest BCUT2D eigenvalue weighted by Crippen LogP contribution is 2.30. The third-order valence-corrected chi connectivity index (χ3v) is 2.28. The van der Waals surface area contributed by atoms with Crippen molar-refractivity contribution in [3.63, 3.8) is 0 Å². The molecule has 0 fully saturated rings. The van der Waals surface area contributed by atoms with Crippen LogP contribution in [0.4, 0.5) is 24.9 Å². The summed E-state index contributed by atoms with van der Waals surface area (Å²) >= 11 is 0. The summed E-state index contributed by atoms with van der Waals surface area (Å²) in [5.74, 6) is 4.27. The van der Waals surface area contributed by atoms with Crippen molar-refractivity contribution in [3.8, 4) is 0 Å². The van der Waals surface area contributed by atoms with E-state index in [1.54, 1.807) is 6.92 Å². The van der Waals surface area contributed by atoms with Crippen LogP contribution in [0.3, 0.4) is 0 Å². The Morgan fingerprint density at radius 3 is 2.60 bits per heavy atom. The van der Waals surface area contributed by atoms with Crippen LogP contribution in [0.1, 0.15) is 12.6 Å². The summed E-state index contributed by atoms with van der Waals surface area (Å²) in [6.07, 6.45) is -4.63. The fourth-order valence-corrected chi connectivity index (χ4v) is 1.39. The molecule has 0 saturated carbocycles. The second kappa shape index (κ2) is 6.37. The molecule has 1 aromatic heterocycles. The first-order valence-corrected chi connectivity index (χ1v) is 5.68. The number of anilines is 2. The molecule has 112 valence electrons. The van der Waals surface area contributed by atoms with Gasteiger partial charge in [0.1, 0.15) is 5.82 Å². The SMILES string of the molecule is CCNC(=O)CN(C)c1cc(C(F)(F)F)nc(NN)n1. The molecular weight excluding hydrogens is 277 g/mol. The van der Waals surface area contributed by atoms with Gasteiger partial charge in [-0.1, -0.05) is 0 Å². The number of nitrogens with one attached hydrogen (secondary N) is 2. The lowest BCUT2D eigenvalue weighted by Crippen LogP contribution is -2.35. The van der Waals surface area contributed by atoms with Crippen LogP contribution in [0.5, 0.6) is 0 Å². The first kappa shape index (κ1) is 16.0. The van der Waals surface area contributed by atoms with E-state index in [4.69, 9.17) is 5.84 Å². The Bertz CT molecular complexity index is 479. The minimum Gasteiger partial charge on any atom is -0.355 e. The first-order valence-electron chi connectivity index (χ1n) is 5.68. The van der Waals surface area contributed by atoms with Gasteiger partial charge in [0.15, 0.2) is 5.69 Å². The van der Waals surface area contributed by atoms with Gasteiger partial charge in [-0.15, -0.1) is 0 Å². The fourth-order valence-electron chi connectivity index (χ4n) is 1.39. The minimum absolute atomic E-state index is 0.0634. The number of nitrogens with two attached hydrogens (primary N) is 1. The van der Waals surface area contributed by atoms with Crippen LogP contribution in [-0.2, 0) is 11.0 Å². The maximum Gasteiger partial charge on any atom is 0.433 e. The number of hydrazine groups is 1. The van der Waals surface area contributed by atoms with Gasteiger partial charge in [0, 0.05) is 19.7 Å². The van der Waals surface area contributed by atoms with Crippen molar-refractivity contribution in [2.75, 3.05) is 30.5 Å². The molecule has 0 saturated heterocycles. The highest BCUT2D eigenvalue weighted by molar-refractivity contribution is 5.80. The number of carbonyl (C=O) groups excluding carboxylic acids is 1. The monoisotopic (exact) mass is 292 g/mol. The summed E-state index contributed by atoms with van der Waals surface area (Å²) in [7, 11) is 1.44. The summed E-state index contributed by atoms with van der Waals surface area (Å²) in [5.41, 5.74) is 0.823. The van der Waals surface area contributed by atoms with Crippen LogP contribution < -0.4 is 21.5 Å². The molecule has 10 heteroatoms. The Morgan fingerprint density at radius 1 is 1.45 bits per heavy atom. The van der Waals surface area contributed by atoms with E-state index < -0.39 is 11.9 Å². The number of halogens is 3. The molecular formula is C10H15F3N6O. The number of alkyl halides is 3. The number of nitrogens with zero attached hydrogens (tertiary/aromatic N) is 3. The molecule has 0 aliphatic carbocycles. The molecule has 0 atom stereocenters. The van der Waals surface area contributed by atoms with Crippen molar-refractivity contribution in [1.82, 2.24) is 15.3 Å². The summed E-state index contributed by atoms with van der Waals surface area (Å²) < 4.78 is 38.0. The maximum atomic E-state index is 12.7. The average Bonchev–Trinajstić information content (AvgIpc) is 2.37. The van der Waals surface area contributed by atoms with E-state index in [1.165, 1.54) is 11.9 Å². The zero-order valence-electron chi connectivity index (χ0n) is 11.0. The predicted molar refractivity (Wildman–Crippen MR) is 66.8 cm³/mol. The van der Waals surface area contributed by atoms with Gasteiger partial charge in [-0.3, -0.25) is 10.2 Å². The van der Waals surface area contributed by atoms with Crippen molar-refractivity contribution >= 4 is 17.7 Å². The quantitative estimate of drug-likeness (QED) is 0.535. The highest BCUT2D eigenvalue weighted by Gasteiger charge is 2.34. The normalized spacial score (nSPS) is 11.1. The predicted octanol–water partition coefficient (Wildman–Crippen LogP) is 0.353. The van der Waals surface area contributed by atoms with Gasteiger partial charge in [-0.2, -0.15) is 18.2 Å². The standard InChI is InChI=1S/C10H15F3N6O/c1-3-15-8(20)5-19(2)7-4-6(10(11,12)13)16-9(17-7)18-14/h4H,3,5,14H2,1-2H3,(H,15,20)(H,16,17,18). The molecule has 4 N–H and O–H groups in total. The van der Waals surface area contributed by atoms with Crippen molar-refractivity contribution in [3.05, 3.63) is 11.8 Å². The molecule has 0 radical (unpaired) electrons. The Balaban J connectivity index is 3.02. The van der Waals surface area contributed by atoms with Crippen molar-refractivity contribution < 1.29 is 18.0 Å². The van der Waals surface area contributed by atoms with Crippen LogP contribution in [0.25, 0.3) is 0 Å². The molecule has 1 aromatic rings. The second-order valence-corrected chi connectivity index (χ2v) is 3.89. The molecule has 0 spiro atoms. The van der Waals surface area contributed by atoms with Gasteiger partial charge in [0.25, 0.3) is 0 Å². The number of aromatic nitrogens is 2. The molecule has 0 aliphatic heterocycles. The Hall–Kier alpha value is -2.10. The van der Waals surface area contributed by atoms with E-state index >= 15 is 0 Å². The van der Waals surface area contributed by atoms with Crippen LogP contribution in [0, 0.1) is 0 Å². The lowest BCUT2D eigenvalue weighted by atomic mass is 10.3. The van der Waals surface area contributed by atoms with Gasteiger partial charge >= 0.3 is 6.18 Å². The third-order valence-electron chi connectivity index (χ3n) is 2.28. The minimum atomic E-state index is -4.63. The topological polar surface area (TPSA) is 96.2 Å². The zero-order valence-corrected chi connectivity index (χ0v) is 11.0. The molecule has 0 aliphatic rings. The third kappa shape index (κ3) is 4.23. The fraction of sp³-hybridized carbons (Fsp3) is 0.500. The average molecular weight is 292 g/mol. The summed E-state index contributed by atoms with van der Waals surface area (Å²) in [5, 5.41) is 2.53. The largest absolute Gasteiger partial charge is 0.433 e. The van der Waals surface area contributed by atoms with Gasteiger partial charge in [-0.05, 0) is 6.92 Å². The maximum absolute atomic E-state index is 12.7. The van der Waals surface area contributed by atoms with E-state index in [1.807, 2.05) is 5.43 Å². The van der Waals surface area contributed by atoms with Crippen LogP contribution in [-0.4, -0.2) is 36.0 Å². The Morgan fingerprint density at radius 2 is 2.10 bits per heavy atom. The molecule has 0 aromatic carbocycles.